The predicted molar refractivity (Wildman–Crippen MR) is 36.7 cm³/mol. The molecule has 0 unspecified atom stereocenters. The molecule has 0 bridgehead atoms. The summed E-state index contributed by atoms with van der Waals surface area (Å²) in [6.45, 7) is 0. The highest BCUT2D eigenvalue weighted by Crippen LogP contribution is 2.27. The molecule has 1 nitrogen and oxygen atoms in total. The second kappa shape index (κ2) is 2.33. The minimum atomic E-state index is 0.810. The van der Waals surface area contributed by atoms with Gasteiger partial charge in [0.15, 0.2) is 0 Å². The van der Waals surface area contributed by atoms with Crippen LogP contribution >= 0.6 is 24.0 Å². The maximum atomic E-state index is 4.89. The molecule has 0 aliphatic heterocycles. The fourth-order valence-electron chi connectivity index (χ4n) is 0.435. The van der Waals surface area contributed by atoms with E-state index in [1.807, 2.05) is 11.4 Å². The quantitative estimate of drug-likeness (QED) is 0.589. The van der Waals surface area contributed by atoms with Crippen molar-refractivity contribution >= 4 is 24.0 Å². The first kappa shape index (κ1) is 5.85. The molecule has 0 amide bonds. The molecule has 1 rings (SSSR count). The summed E-state index contributed by atoms with van der Waals surface area (Å²) in [5.41, 5.74) is 0. The number of thiophene rings is 1. The van der Waals surface area contributed by atoms with Gasteiger partial charge in [0.25, 0.3) is 0 Å². The van der Waals surface area contributed by atoms with Gasteiger partial charge in [-0.2, -0.15) is 0 Å². The summed E-state index contributed by atoms with van der Waals surface area (Å²) in [7, 11) is 1.62. The van der Waals surface area contributed by atoms with E-state index in [9.17, 15) is 0 Å². The number of methoxy groups -OCH3 is 1. The van der Waals surface area contributed by atoms with Crippen LogP contribution in [0.1, 0.15) is 0 Å². The van der Waals surface area contributed by atoms with Crippen LogP contribution < -0.4 is 4.74 Å². The maximum absolute atomic E-state index is 4.89. The Hall–Kier alpha value is -0.280. The van der Waals surface area contributed by atoms with Crippen molar-refractivity contribution in [1.82, 2.24) is 0 Å². The van der Waals surface area contributed by atoms with Crippen molar-refractivity contribution in [3.8, 4) is 5.75 Å². The normalized spacial score (nSPS) is 9.12. The van der Waals surface area contributed by atoms with Gasteiger partial charge in [-0.15, -0.1) is 11.3 Å². The molecule has 0 spiro atoms. The molecule has 1 aromatic heterocycles. The van der Waals surface area contributed by atoms with Crippen LogP contribution in [0.4, 0.5) is 0 Å². The minimum Gasteiger partial charge on any atom is -0.494 e. The van der Waals surface area contributed by atoms with Gasteiger partial charge >= 0.3 is 0 Å². The second-order valence-corrected chi connectivity index (χ2v) is 2.86. The first-order valence-electron chi connectivity index (χ1n) is 2.13. The van der Waals surface area contributed by atoms with E-state index in [2.05, 4.69) is 0 Å². The van der Waals surface area contributed by atoms with Crippen molar-refractivity contribution in [2.24, 2.45) is 0 Å². The smallest absolute Gasteiger partial charge is 0.147 e. The molecule has 0 N–H and O–H groups in total. The third kappa shape index (κ3) is 0.928. The lowest BCUT2D eigenvalue weighted by Crippen LogP contribution is -1.77. The van der Waals surface area contributed by atoms with Gasteiger partial charge in [0.1, 0.15) is 9.96 Å². The van der Waals surface area contributed by atoms with Gasteiger partial charge < -0.3 is 4.74 Å². The molecule has 1 radical (unpaired) electrons. The van der Waals surface area contributed by atoms with Crippen LogP contribution in [0.25, 0.3) is 0 Å². The monoisotopic (exact) mass is 145 g/mol. The topological polar surface area (TPSA) is 9.23 Å². The summed E-state index contributed by atoms with van der Waals surface area (Å²) < 4.78 is 5.72. The van der Waals surface area contributed by atoms with Crippen LogP contribution in [0, 0.1) is 0 Å². The van der Waals surface area contributed by atoms with E-state index in [0.717, 1.165) is 9.96 Å². The van der Waals surface area contributed by atoms with Crippen LogP contribution in [0.2, 0.25) is 0 Å². The lowest BCUT2D eigenvalue weighted by molar-refractivity contribution is 0.408. The van der Waals surface area contributed by atoms with Gasteiger partial charge in [0, 0.05) is 0 Å². The molecule has 0 fully saturated rings. The fourth-order valence-corrected chi connectivity index (χ4v) is 1.34. The van der Waals surface area contributed by atoms with Crippen molar-refractivity contribution in [3.63, 3.8) is 0 Å². The Morgan fingerprint density at radius 2 is 2.50 bits per heavy atom. The van der Waals surface area contributed by atoms with Gasteiger partial charge in [-0.25, -0.2) is 0 Å². The SMILES string of the molecule is COc1ccsc1[S]. The minimum absolute atomic E-state index is 0.810. The Morgan fingerprint density at radius 3 is 2.75 bits per heavy atom. The number of hydrogen-bond donors (Lipinski definition) is 0. The zero-order valence-corrected chi connectivity index (χ0v) is 6.01. The van der Waals surface area contributed by atoms with E-state index in [1.54, 1.807) is 7.11 Å². The Kier molecular flexibility index (Phi) is 1.70. The molecule has 0 atom stereocenters. The maximum Gasteiger partial charge on any atom is 0.147 e. The van der Waals surface area contributed by atoms with E-state index in [1.165, 1.54) is 11.3 Å². The van der Waals surface area contributed by atoms with E-state index in [-0.39, 0.29) is 0 Å². The summed E-state index contributed by atoms with van der Waals surface area (Å²) in [5.74, 6) is 0.810. The lowest BCUT2D eigenvalue weighted by atomic mass is 10.6. The number of rotatable bonds is 1. The van der Waals surface area contributed by atoms with E-state index >= 15 is 0 Å². The molecule has 0 aromatic carbocycles. The van der Waals surface area contributed by atoms with Gasteiger partial charge in [-0.05, 0) is 11.4 Å². The molecule has 0 saturated heterocycles. The highest BCUT2D eigenvalue weighted by atomic mass is 32.2. The molecule has 1 aromatic rings. The summed E-state index contributed by atoms with van der Waals surface area (Å²) in [6.07, 6.45) is 0. The Labute approximate surface area is 57.7 Å². The molecule has 8 heavy (non-hydrogen) atoms. The van der Waals surface area contributed by atoms with Crippen LogP contribution in [-0.2, 0) is 0 Å². The average molecular weight is 145 g/mol. The van der Waals surface area contributed by atoms with Gasteiger partial charge in [-0.1, -0.05) is 12.6 Å². The van der Waals surface area contributed by atoms with Crippen LogP contribution in [-0.4, -0.2) is 7.11 Å². The molecule has 1 heterocycles. The highest BCUT2D eigenvalue weighted by molar-refractivity contribution is 7.83. The molecule has 0 saturated carbocycles. The Bertz CT molecular complexity index is 171. The molecule has 0 aliphatic carbocycles. The zero-order chi connectivity index (χ0) is 5.98. The number of hydrogen-bond acceptors (Lipinski definition) is 2. The van der Waals surface area contributed by atoms with E-state index in [0.29, 0.717) is 0 Å². The molecular formula is C5H5OS2. The molecule has 43 valence electrons. The first-order valence-corrected chi connectivity index (χ1v) is 3.42. The third-order valence-electron chi connectivity index (χ3n) is 0.816. The molecule has 0 aliphatic rings. The van der Waals surface area contributed by atoms with Crippen molar-refractivity contribution in [1.29, 1.82) is 0 Å². The van der Waals surface area contributed by atoms with Gasteiger partial charge in [0.2, 0.25) is 0 Å². The van der Waals surface area contributed by atoms with Crippen molar-refractivity contribution in [3.05, 3.63) is 11.4 Å². The average Bonchev–Trinajstić information content (AvgIpc) is 2.14. The standard InChI is InChI=1S/C5H5OS2/c1-6-4-2-3-8-5(4)7/h2-3H,1H3. The largest absolute Gasteiger partial charge is 0.494 e. The summed E-state index contributed by atoms with van der Waals surface area (Å²) >= 11 is 6.40. The Morgan fingerprint density at radius 1 is 1.75 bits per heavy atom. The number of ether oxygens (including phenoxy) is 1. The van der Waals surface area contributed by atoms with E-state index in [4.69, 9.17) is 17.4 Å². The van der Waals surface area contributed by atoms with Crippen molar-refractivity contribution < 1.29 is 4.74 Å². The third-order valence-corrected chi connectivity index (χ3v) is 1.99. The highest BCUT2D eigenvalue weighted by Gasteiger charge is 1.96. The Balaban J connectivity index is 2.92. The predicted octanol–water partition coefficient (Wildman–Crippen LogP) is 2.31. The van der Waals surface area contributed by atoms with Crippen LogP contribution in [0.3, 0.4) is 0 Å². The summed E-state index contributed by atoms with van der Waals surface area (Å²) in [5, 5.41) is 1.92. The van der Waals surface area contributed by atoms with Crippen molar-refractivity contribution in [2.45, 2.75) is 4.21 Å². The lowest BCUT2D eigenvalue weighted by Gasteiger charge is -1.91. The molecular weight excluding hydrogens is 140 g/mol. The van der Waals surface area contributed by atoms with Gasteiger partial charge in [-0.3, -0.25) is 0 Å². The van der Waals surface area contributed by atoms with Crippen molar-refractivity contribution in [2.75, 3.05) is 7.11 Å². The second-order valence-electron chi connectivity index (χ2n) is 1.28. The van der Waals surface area contributed by atoms with E-state index < -0.39 is 0 Å². The van der Waals surface area contributed by atoms with Crippen LogP contribution in [0.15, 0.2) is 15.7 Å². The van der Waals surface area contributed by atoms with Crippen LogP contribution in [0.5, 0.6) is 5.75 Å². The summed E-state index contributed by atoms with van der Waals surface area (Å²) in [6, 6.07) is 1.87. The summed E-state index contributed by atoms with van der Waals surface area (Å²) in [4.78, 5) is 0. The van der Waals surface area contributed by atoms with Gasteiger partial charge in [0.05, 0.1) is 7.11 Å². The first-order chi connectivity index (χ1) is 3.84. The zero-order valence-electron chi connectivity index (χ0n) is 4.38. The molecule has 3 heteroatoms. The fraction of sp³-hybridized carbons (Fsp3) is 0.200.